The molecule has 0 aliphatic carbocycles. The first-order chi connectivity index (χ1) is 9.81. The van der Waals surface area contributed by atoms with Crippen molar-refractivity contribution in [3.63, 3.8) is 0 Å². The second-order valence-electron chi connectivity index (χ2n) is 5.04. The maximum Gasteiger partial charge on any atom is 0.200 e. The van der Waals surface area contributed by atoms with E-state index in [1.807, 2.05) is 12.1 Å². The number of tetrazole rings is 1. The number of hydrogen-bond acceptors (Lipinski definition) is 7. The van der Waals surface area contributed by atoms with Crippen molar-refractivity contribution in [3.05, 3.63) is 12.1 Å². The van der Waals surface area contributed by atoms with Crippen LogP contribution in [0.25, 0.3) is 5.65 Å². The van der Waals surface area contributed by atoms with E-state index in [4.69, 9.17) is 5.73 Å². The molecule has 0 amide bonds. The van der Waals surface area contributed by atoms with Gasteiger partial charge in [0.15, 0.2) is 11.5 Å². The molecule has 0 aromatic carbocycles. The van der Waals surface area contributed by atoms with Gasteiger partial charge in [0, 0.05) is 38.8 Å². The van der Waals surface area contributed by atoms with Crippen molar-refractivity contribution < 1.29 is 0 Å². The van der Waals surface area contributed by atoms with Gasteiger partial charge in [-0.25, -0.2) is 0 Å². The topological polar surface area (TPSA) is 88.5 Å². The van der Waals surface area contributed by atoms with Crippen molar-refractivity contribution in [1.82, 2.24) is 30.2 Å². The lowest BCUT2D eigenvalue weighted by atomic mass is 10.1. The fraction of sp³-hybridized carbons (Fsp3) is 0.667. The van der Waals surface area contributed by atoms with Crippen LogP contribution in [0.1, 0.15) is 13.3 Å². The molecule has 2 aromatic rings. The Morgan fingerprint density at radius 3 is 2.75 bits per heavy atom. The summed E-state index contributed by atoms with van der Waals surface area (Å²) in [7, 11) is 0. The number of piperazine rings is 1. The van der Waals surface area contributed by atoms with E-state index in [0.29, 0.717) is 11.7 Å². The molecule has 0 bridgehead atoms. The average molecular weight is 276 g/mol. The Hall–Kier alpha value is -1.80. The third kappa shape index (κ3) is 2.44. The van der Waals surface area contributed by atoms with Crippen LogP contribution in [0.2, 0.25) is 0 Å². The highest BCUT2D eigenvalue weighted by atomic mass is 15.6. The zero-order valence-corrected chi connectivity index (χ0v) is 11.7. The Morgan fingerprint density at radius 2 is 2.05 bits per heavy atom. The van der Waals surface area contributed by atoms with Crippen molar-refractivity contribution in [1.29, 1.82) is 0 Å². The van der Waals surface area contributed by atoms with Gasteiger partial charge in [0.25, 0.3) is 0 Å². The smallest absolute Gasteiger partial charge is 0.200 e. The fourth-order valence-corrected chi connectivity index (χ4v) is 2.70. The summed E-state index contributed by atoms with van der Waals surface area (Å²) in [6, 6.07) is 4.36. The Balaban J connectivity index is 1.68. The molecule has 1 aliphatic heterocycles. The Morgan fingerprint density at radius 1 is 1.25 bits per heavy atom. The van der Waals surface area contributed by atoms with E-state index in [-0.39, 0.29) is 0 Å². The van der Waals surface area contributed by atoms with E-state index in [1.54, 1.807) is 0 Å². The first-order valence-corrected chi connectivity index (χ1v) is 7.06. The lowest BCUT2D eigenvalue weighted by Gasteiger charge is -2.39. The largest absolute Gasteiger partial charge is 0.353 e. The van der Waals surface area contributed by atoms with Crippen LogP contribution in [0.5, 0.6) is 0 Å². The zero-order valence-electron chi connectivity index (χ0n) is 11.7. The van der Waals surface area contributed by atoms with Gasteiger partial charge in [0.1, 0.15) is 0 Å². The van der Waals surface area contributed by atoms with Crippen LogP contribution in [0.15, 0.2) is 12.1 Å². The minimum absolute atomic E-state index is 0.493. The molecule has 2 aromatic heterocycles. The zero-order chi connectivity index (χ0) is 13.9. The van der Waals surface area contributed by atoms with E-state index in [0.717, 1.165) is 45.0 Å². The summed E-state index contributed by atoms with van der Waals surface area (Å²) < 4.78 is 1.47. The van der Waals surface area contributed by atoms with Gasteiger partial charge in [-0.05, 0) is 29.0 Å². The molecule has 1 aliphatic rings. The third-order valence-corrected chi connectivity index (χ3v) is 3.95. The summed E-state index contributed by atoms with van der Waals surface area (Å²) in [4.78, 5) is 4.73. The SMILES string of the molecule is CCC(CN)N1CCN(c2ccc3nnnn3n2)CC1. The number of nitrogens with two attached hydrogens (primary N) is 1. The molecule has 8 nitrogen and oxygen atoms in total. The molecule has 1 unspecified atom stereocenters. The molecule has 3 heterocycles. The van der Waals surface area contributed by atoms with Gasteiger partial charge in [0.2, 0.25) is 0 Å². The quantitative estimate of drug-likeness (QED) is 0.796. The first kappa shape index (κ1) is 13.2. The van der Waals surface area contributed by atoms with Crippen molar-refractivity contribution in [2.45, 2.75) is 19.4 Å². The molecule has 20 heavy (non-hydrogen) atoms. The van der Waals surface area contributed by atoms with Crippen molar-refractivity contribution >= 4 is 11.5 Å². The summed E-state index contributed by atoms with van der Waals surface area (Å²) in [5.74, 6) is 0.922. The first-order valence-electron chi connectivity index (χ1n) is 7.06. The van der Waals surface area contributed by atoms with Crippen molar-refractivity contribution in [2.75, 3.05) is 37.6 Å². The normalized spacial score (nSPS) is 18.6. The minimum Gasteiger partial charge on any atom is -0.353 e. The molecular weight excluding hydrogens is 256 g/mol. The van der Waals surface area contributed by atoms with E-state index in [9.17, 15) is 0 Å². The summed E-state index contributed by atoms with van der Waals surface area (Å²) in [6.45, 7) is 6.87. The Bertz CT molecular complexity index is 555. The highest BCUT2D eigenvalue weighted by molar-refractivity contribution is 5.44. The monoisotopic (exact) mass is 276 g/mol. The second kappa shape index (κ2) is 5.68. The van der Waals surface area contributed by atoms with Crippen molar-refractivity contribution in [2.24, 2.45) is 5.73 Å². The van der Waals surface area contributed by atoms with Crippen LogP contribution in [0.4, 0.5) is 5.82 Å². The number of nitrogens with zero attached hydrogens (tertiary/aromatic N) is 7. The van der Waals surface area contributed by atoms with E-state index in [1.165, 1.54) is 4.63 Å². The second-order valence-corrected chi connectivity index (χ2v) is 5.04. The van der Waals surface area contributed by atoms with Gasteiger partial charge >= 0.3 is 0 Å². The van der Waals surface area contributed by atoms with Gasteiger partial charge in [0.05, 0.1) is 0 Å². The highest BCUT2D eigenvalue weighted by Crippen LogP contribution is 2.15. The number of hydrogen-bond donors (Lipinski definition) is 1. The van der Waals surface area contributed by atoms with Crippen LogP contribution >= 0.6 is 0 Å². The number of aromatic nitrogens is 5. The number of rotatable bonds is 4. The molecular formula is C12H20N8. The highest BCUT2D eigenvalue weighted by Gasteiger charge is 2.22. The average Bonchev–Trinajstić information content (AvgIpc) is 2.96. The standard InChI is InChI=1S/C12H20N8/c1-2-10(9-13)18-5-7-19(8-6-18)12-4-3-11-14-16-17-20(11)15-12/h3-4,10H,2,5-9,13H2,1H3. The molecule has 108 valence electrons. The van der Waals surface area contributed by atoms with Crippen molar-refractivity contribution in [3.8, 4) is 0 Å². The molecule has 8 heteroatoms. The molecule has 1 fully saturated rings. The molecule has 1 saturated heterocycles. The van der Waals surface area contributed by atoms with E-state index in [2.05, 4.69) is 37.3 Å². The van der Waals surface area contributed by atoms with Crippen LogP contribution in [-0.4, -0.2) is 68.9 Å². The van der Waals surface area contributed by atoms with Crippen LogP contribution in [0.3, 0.4) is 0 Å². The van der Waals surface area contributed by atoms with Gasteiger partial charge in [-0.3, -0.25) is 4.90 Å². The van der Waals surface area contributed by atoms with Crippen LogP contribution in [0, 0.1) is 0 Å². The molecule has 3 rings (SSSR count). The Kier molecular flexibility index (Phi) is 3.75. The van der Waals surface area contributed by atoms with E-state index < -0.39 is 0 Å². The molecule has 0 saturated carbocycles. The van der Waals surface area contributed by atoms with Gasteiger partial charge in [-0.1, -0.05) is 6.92 Å². The minimum atomic E-state index is 0.493. The maximum atomic E-state index is 5.82. The maximum absolute atomic E-state index is 5.82. The third-order valence-electron chi connectivity index (χ3n) is 3.95. The molecule has 2 N–H and O–H groups in total. The summed E-state index contributed by atoms with van der Waals surface area (Å²) in [5, 5.41) is 15.7. The lowest BCUT2D eigenvalue weighted by molar-refractivity contribution is 0.184. The summed E-state index contributed by atoms with van der Waals surface area (Å²) in [5.41, 5.74) is 6.49. The predicted molar refractivity (Wildman–Crippen MR) is 75.5 cm³/mol. The van der Waals surface area contributed by atoms with Gasteiger partial charge in [-0.2, -0.15) is 0 Å². The molecule has 0 radical (unpaired) electrons. The number of anilines is 1. The van der Waals surface area contributed by atoms with Crippen LogP contribution in [-0.2, 0) is 0 Å². The van der Waals surface area contributed by atoms with Crippen LogP contribution < -0.4 is 10.6 Å². The Labute approximate surface area is 117 Å². The van der Waals surface area contributed by atoms with Gasteiger partial charge in [-0.15, -0.1) is 14.8 Å². The summed E-state index contributed by atoms with van der Waals surface area (Å²) >= 11 is 0. The van der Waals surface area contributed by atoms with E-state index >= 15 is 0 Å². The number of fused-ring (bicyclic) bond motifs is 1. The predicted octanol–water partition coefficient (Wildman–Crippen LogP) is -0.621. The molecule has 1 atom stereocenters. The fourth-order valence-electron chi connectivity index (χ4n) is 2.70. The summed E-state index contributed by atoms with van der Waals surface area (Å²) in [6.07, 6.45) is 1.10. The molecule has 0 spiro atoms. The lowest BCUT2D eigenvalue weighted by Crippen LogP contribution is -2.52. The van der Waals surface area contributed by atoms with Gasteiger partial charge < -0.3 is 10.6 Å².